The highest BCUT2D eigenvalue weighted by atomic mass is 32.1. The van der Waals surface area contributed by atoms with Gasteiger partial charge in [0.25, 0.3) is 5.91 Å². The van der Waals surface area contributed by atoms with Crippen molar-refractivity contribution in [2.45, 2.75) is 50.6 Å². The number of nitrogens with one attached hydrogen (secondary N) is 2. The highest BCUT2D eigenvalue weighted by molar-refractivity contribution is 7.09. The zero-order valence-corrected chi connectivity index (χ0v) is 16.2. The van der Waals surface area contributed by atoms with Gasteiger partial charge in [0.15, 0.2) is 0 Å². The minimum atomic E-state index is -0.175. The Hall–Kier alpha value is -1.92. The maximum absolute atomic E-state index is 12.6. The van der Waals surface area contributed by atoms with Crippen LogP contribution in [-0.2, 0) is 6.54 Å². The van der Waals surface area contributed by atoms with Crippen LogP contribution in [0, 0.1) is 17.8 Å². The summed E-state index contributed by atoms with van der Waals surface area (Å²) in [5.41, 5.74) is 8.12. The quantitative estimate of drug-likeness (QED) is 0.723. The van der Waals surface area contributed by atoms with Crippen molar-refractivity contribution in [2.24, 2.45) is 23.5 Å². The molecule has 1 amide bonds. The van der Waals surface area contributed by atoms with Gasteiger partial charge < -0.3 is 16.4 Å². The van der Waals surface area contributed by atoms with Gasteiger partial charge in [-0.05, 0) is 68.4 Å². The second-order valence-corrected chi connectivity index (χ2v) is 9.60. The Kier molecular flexibility index (Phi) is 4.20. The van der Waals surface area contributed by atoms with E-state index < -0.39 is 0 Å². The van der Waals surface area contributed by atoms with Crippen LogP contribution in [0.15, 0.2) is 29.6 Å². The summed E-state index contributed by atoms with van der Waals surface area (Å²) in [4.78, 5) is 16.9. The van der Waals surface area contributed by atoms with Crippen LogP contribution in [0.5, 0.6) is 0 Å². The van der Waals surface area contributed by atoms with Gasteiger partial charge in [-0.1, -0.05) is 12.1 Å². The fourth-order valence-corrected chi connectivity index (χ4v) is 6.60. The lowest BCUT2D eigenvalue weighted by Crippen LogP contribution is -2.54. The highest BCUT2D eigenvalue weighted by Crippen LogP contribution is 2.56. The van der Waals surface area contributed by atoms with Crippen LogP contribution in [0.4, 0.5) is 11.4 Å². The summed E-state index contributed by atoms with van der Waals surface area (Å²) in [6.45, 7) is 0.363. The molecule has 1 aromatic carbocycles. The molecule has 0 aliphatic heterocycles. The first-order valence-electron chi connectivity index (χ1n) is 9.95. The molecular formula is C21H26N4OS. The molecule has 0 saturated heterocycles. The monoisotopic (exact) mass is 382 g/mol. The third-order valence-corrected chi connectivity index (χ3v) is 7.44. The average molecular weight is 383 g/mol. The lowest BCUT2D eigenvalue weighted by molar-refractivity contribution is 0.0107. The molecule has 5 nitrogen and oxygen atoms in total. The minimum absolute atomic E-state index is 0.175. The van der Waals surface area contributed by atoms with E-state index in [-0.39, 0.29) is 11.4 Å². The zero-order valence-electron chi connectivity index (χ0n) is 15.4. The number of aromatic nitrogens is 1. The summed E-state index contributed by atoms with van der Waals surface area (Å²) < 4.78 is 0. The number of amides is 1. The fourth-order valence-electron chi connectivity index (χ4n) is 5.95. The van der Waals surface area contributed by atoms with Gasteiger partial charge in [0.1, 0.15) is 10.7 Å². The highest BCUT2D eigenvalue weighted by Gasteiger charge is 2.51. The van der Waals surface area contributed by atoms with Gasteiger partial charge >= 0.3 is 0 Å². The molecule has 1 aromatic heterocycles. The second-order valence-electron chi connectivity index (χ2n) is 8.65. The summed E-state index contributed by atoms with van der Waals surface area (Å²) >= 11 is 1.42. The van der Waals surface area contributed by atoms with Crippen molar-refractivity contribution in [3.63, 3.8) is 0 Å². The molecule has 6 rings (SSSR count). The molecule has 0 unspecified atom stereocenters. The van der Waals surface area contributed by atoms with Crippen molar-refractivity contribution in [1.82, 2.24) is 4.98 Å². The summed E-state index contributed by atoms with van der Waals surface area (Å²) in [5, 5.41) is 9.47. The lowest BCUT2D eigenvalue weighted by atomic mass is 9.53. The predicted octanol–water partition coefficient (Wildman–Crippen LogP) is 4.23. The molecule has 4 N–H and O–H groups in total. The molecule has 4 saturated carbocycles. The van der Waals surface area contributed by atoms with Crippen molar-refractivity contribution >= 4 is 28.6 Å². The van der Waals surface area contributed by atoms with E-state index in [1.165, 1.54) is 49.9 Å². The van der Waals surface area contributed by atoms with E-state index in [1.54, 1.807) is 5.38 Å². The Bertz CT molecular complexity index is 826. The maximum Gasteiger partial charge on any atom is 0.275 e. The normalized spacial score (nSPS) is 31.1. The minimum Gasteiger partial charge on any atom is -0.378 e. The molecule has 142 valence electrons. The van der Waals surface area contributed by atoms with Gasteiger partial charge in [-0.2, -0.15) is 0 Å². The van der Waals surface area contributed by atoms with Gasteiger partial charge in [0.2, 0.25) is 0 Å². The Labute approximate surface area is 163 Å². The third-order valence-electron chi connectivity index (χ3n) is 6.57. The van der Waals surface area contributed by atoms with Crippen LogP contribution < -0.4 is 16.4 Å². The van der Waals surface area contributed by atoms with Gasteiger partial charge in [-0.15, -0.1) is 11.3 Å². The van der Waals surface area contributed by atoms with E-state index in [2.05, 4.69) is 21.7 Å². The molecule has 4 aliphatic carbocycles. The summed E-state index contributed by atoms with van der Waals surface area (Å²) in [5.74, 6) is 2.48. The molecule has 1 heterocycles. The Morgan fingerprint density at radius 2 is 1.74 bits per heavy atom. The molecule has 6 heteroatoms. The van der Waals surface area contributed by atoms with E-state index in [0.29, 0.717) is 12.2 Å². The fraction of sp³-hybridized carbons (Fsp3) is 0.524. The number of nitrogens with two attached hydrogens (primary N) is 1. The molecule has 0 atom stereocenters. The first-order valence-corrected chi connectivity index (χ1v) is 10.8. The van der Waals surface area contributed by atoms with Crippen LogP contribution in [-0.4, -0.2) is 16.4 Å². The largest absolute Gasteiger partial charge is 0.378 e. The molecule has 4 bridgehead atoms. The van der Waals surface area contributed by atoms with Crippen molar-refractivity contribution in [1.29, 1.82) is 0 Å². The molecule has 27 heavy (non-hydrogen) atoms. The molecule has 0 radical (unpaired) electrons. The van der Waals surface area contributed by atoms with Crippen molar-refractivity contribution < 1.29 is 4.79 Å². The summed E-state index contributed by atoms with van der Waals surface area (Å²) in [6.07, 6.45) is 8.08. The van der Waals surface area contributed by atoms with Gasteiger partial charge in [0.05, 0.1) is 11.4 Å². The standard InChI is InChI=1S/C21H26N4OS/c22-11-19-23-18(12-27-19)20(26)24-16-3-1-2-4-17(16)25-21-8-13-5-14(9-21)7-15(6-13)10-21/h1-4,12-15,25H,5-11,22H2,(H,24,26). The molecular weight excluding hydrogens is 356 g/mol. The summed E-state index contributed by atoms with van der Waals surface area (Å²) in [7, 11) is 0. The number of nitrogens with zero attached hydrogens (tertiary/aromatic N) is 1. The van der Waals surface area contributed by atoms with Crippen LogP contribution in [0.1, 0.15) is 54.0 Å². The van der Waals surface area contributed by atoms with E-state index in [4.69, 9.17) is 5.73 Å². The Balaban J connectivity index is 1.36. The molecule has 4 fully saturated rings. The van der Waals surface area contributed by atoms with Gasteiger partial charge in [-0.25, -0.2) is 4.98 Å². The number of thiazole rings is 1. The smallest absolute Gasteiger partial charge is 0.275 e. The molecule has 0 spiro atoms. The van der Waals surface area contributed by atoms with E-state index in [1.807, 2.05) is 18.2 Å². The van der Waals surface area contributed by atoms with E-state index in [0.717, 1.165) is 34.1 Å². The second kappa shape index (κ2) is 6.60. The first kappa shape index (κ1) is 17.2. The number of hydrogen-bond acceptors (Lipinski definition) is 5. The Morgan fingerprint density at radius 1 is 1.11 bits per heavy atom. The maximum atomic E-state index is 12.6. The van der Waals surface area contributed by atoms with Crippen LogP contribution in [0.3, 0.4) is 0 Å². The number of anilines is 2. The van der Waals surface area contributed by atoms with Crippen LogP contribution in [0.2, 0.25) is 0 Å². The van der Waals surface area contributed by atoms with E-state index in [9.17, 15) is 4.79 Å². The van der Waals surface area contributed by atoms with E-state index >= 15 is 0 Å². The topological polar surface area (TPSA) is 80.0 Å². The molecule has 2 aromatic rings. The number of para-hydroxylation sites is 2. The van der Waals surface area contributed by atoms with Gasteiger partial charge in [0, 0.05) is 17.5 Å². The average Bonchev–Trinajstić information content (AvgIpc) is 3.11. The first-order chi connectivity index (χ1) is 13.1. The van der Waals surface area contributed by atoms with Crippen LogP contribution in [0.25, 0.3) is 0 Å². The van der Waals surface area contributed by atoms with Gasteiger partial charge in [-0.3, -0.25) is 4.79 Å². The van der Waals surface area contributed by atoms with Crippen molar-refractivity contribution in [2.75, 3.05) is 10.6 Å². The van der Waals surface area contributed by atoms with Crippen molar-refractivity contribution in [3.8, 4) is 0 Å². The number of benzene rings is 1. The lowest BCUT2D eigenvalue weighted by Gasteiger charge is -2.57. The SMILES string of the molecule is NCc1nc(C(=O)Nc2ccccc2NC23CC4CC(CC(C4)C2)C3)cs1. The number of hydrogen-bond donors (Lipinski definition) is 3. The third kappa shape index (κ3) is 3.25. The molecule has 4 aliphatic rings. The summed E-state index contributed by atoms with van der Waals surface area (Å²) in [6, 6.07) is 8.05. The zero-order chi connectivity index (χ0) is 18.4. The number of carbonyl (C=O) groups excluding carboxylic acids is 1. The number of rotatable bonds is 5. The number of carbonyl (C=O) groups is 1. The Morgan fingerprint density at radius 3 is 2.33 bits per heavy atom. The van der Waals surface area contributed by atoms with Crippen LogP contribution >= 0.6 is 11.3 Å². The predicted molar refractivity (Wildman–Crippen MR) is 109 cm³/mol. The van der Waals surface area contributed by atoms with Crippen molar-refractivity contribution in [3.05, 3.63) is 40.3 Å².